The van der Waals surface area contributed by atoms with Crippen LogP contribution in [0.3, 0.4) is 0 Å². The Morgan fingerprint density at radius 3 is 2.63 bits per heavy atom. The summed E-state index contributed by atoms with van der Waals surface area (Å²) < 4.78 is 27.0. The molecule has 2 aromatic heterocycles. The van der Waals surface area contributed by atoms with Crippen molar-refractivity contribution in [3.63, 3.8) is 0 Å². The maximum absolute atomic E-state index is 12.2. The quantitative estimate of drug-likeness (QED) is 0.922. The minimum atomic E-state index is -3.44. The molecular formula is C12H16N2O2S3. The summed E-state index contributed by atoms with van der Waals surface area (Å²) in [7, 11) is -3.44. The van der Waals surface area contributed by atoms with Crippen LogP contribution in [0.5, 0.6) is 0 Å². The van der Waals surface area contributed by atoms with Crippen molar-refractivity contribution < 1.29 is 8.42 Å². The normalized spacial score (nSPS) is 11.9. The molecule has 0 spiro atoms. The Morgan fingerprint density at radius 2 is 2.11 bits per heavy atom. The van der Waals surface area contributed by atoms with E-state index in [1.807, 2.05) is 26.2 Å². The highest BCUT2D eigenvalue weighted by Gasteiger charge is 2.19. The Balaban J connectivity index is 2.11. The average molecular weight is 316 g/mol. The third kappa shape index (κ3) is 3.42. The molecule has 2 aromatic rings. The number of sulfonamides is 1. The van der Waals surface area contributed by atoms with E-state index < -0.39 is 10.0 Å². The van der Waals surface area contributed by atoms with E-state index in [1.54, 1.807) is 17.4 Å². The molecule has 0 aliphatic carbocycles. The molecule has 0 aliphatic rings. The van der Waals surface area contributed by atoms with Crippen LogP contribution >= 0.6 is 22.7 Å². The van der Waals surface area contributed by atoms with Gasteiger partial charge in [0.1, 0.15) is 0 Å². The molecule has 104 valence electrons. The van der Waals surface area contributed by atoms with E-state index in [0.29, 0.717) is 4.90 Å². The lowest BCUT2D eigenvalue weighted by atomic mass is 10.4. The average Bonchev–Trinajstić information content (AvgIpc) is 2.93. The maximum Gasteiger partial charge on any atom is 0.242 e. The Morgan fingerprint density at radius 1 is 1.37 bits per heavy atom. The van der Waals surface area contributed by atoms with Gasteiger partial charge in [-0.3, -0.25) is 0 Å². The van der Waals surface area contributed by atoms with Crippen LogP contribution in [0.1, 0.15) is 27.4 Å². The Hall–Kier alpha value is -0.760. The van der Waals surface area contributed by atoms with Gasteiger partial charge in [0, 0.05) is 15.1 Å². The first-order valence-electron chi connectivity index (χ1n) is 5.92. The first-order valence-corrected chi connectivity index (χ1v) is 9.10. The number of thiazole rings is 1. The molecule has 2 heterocycles. The first kappa shape index (κ1) is 14.6. The van der Waals surface area contributed by atoms with Crippen LogP contribution < -0.4 is 4.72 Å². The third-order valence-electron chi connectivity index (χ3n) is 2.63. The Bertz CT molecular complexity index is 671. The van der Waals surface area contributed by atoms with E-state index >= 15 is 0 Å². The molecule has 0 aromatic carbocycles. The summed E-state index contributed by atoms with van der Waals surface area (Å²) in [4.78, 5) is 6.54. The molecule has 0 saturated carbocycles. The van der Waals surface area contributed by atoms with Gasteiger partial charge in [0.2, 0.25) is 10.0 Å². The van der Waals surface area contributed by atoms with Gasteiger partial charge in [-0.15, -0.1) is 22.7 Å². The van der Waals surface area contributed by atoms with Gasteiger partial charge in [-0.2, -0.15) is 0 Å². The van der Waals surface area contributed by atoms with E-state index in [0.717, 1.165) is 26.9 Å². The highest BCUT2D eigenvalue weighted by atomic mass is 32.2. The van der Waals surface area contributed by atoms with E-state index in [2.05, 4.69) is 9.71 Å². The molecule has 0 amide bonds. The highest BCUT2D eigenvalue weighted by molar-refractivity contribution is 7.89. The molecule has 0 fully saturated rings. The Labute approximate surface area is 121 Å². The van der Waals surface area contributed by atoms with E-state index in [1.165, 1.54) is 11.3 Å². The standard InChI is InChI=1S/C12H16N2O2S3/c1-4-12-14-10(7-17-12)6-13-19(15,16)11-5-8(2)18-9(11)3/h5,7,13H,4,6H2,1-3H3. The van der Waals surface area contributed by atoms with Crippen LogP contribution in [0, 0.1) is 13.8 Å². The minimum absolute atomic E-state index is 0.243. The van der Waals surface area contributed by atoms with E-state index in [-0.39, 0.29) is 6.54 Å². The molecular weight excluding hydrogens is 300 g/mol. The molecule has 0 saturated heterocycles. The zero-order valence-electron chi connectivity index (χ0n) is 11.1. The van der Waals surface area contributed by atoms with E-state index in [4.69, 9.17) is 0 Å². The first-order chi connectivity index (χ1) is 8.92. The zero-order chi connectivity index (χ0) is 14.0. The van der Waals surface area contributed by atoms with Crippen LogP contribution in [0.25, 0.3) is 0 Å². The molecule has 7 heteroatoms. The van der Waals surface area contributed by atoms with Crippen LogP contribution in [-0.2, 0) is 23.0 Å². The fourth-order valence-electron chi connectivity index (χ4n) is 1.71. The molecule has 1 N–H and O–H groups in total. The topological polar surface area (TPSA) is 59.1 Å². The molecule has 4 nitrogen and oxygen atoms in total. The van der Waals surface area contributed by atoms with Crippen molar-refractivity contribution in [3.05, 3.63) is 31.9 Å². The second kappa shape index (κ2) is 5.70. The van der Waals surface area contributed by atoms with E-state index in [9.17, 15) is 8.42 Å². The molecule has 0 bridgehead atoms. The van der Waals surface area contributed by atoms with Crippen molar-refractivity contribution in [1.82, 2.24) is 9.71 Å². The smallest absolute Gasteiger partial charge is 0.242 e. The monoisotopic (exact) mass is 316 g/mol. The summed E-state index contributed by atoms with van der Waals surface area (Å²) in [5.74, 6) is 0. The molecule has 2 rings (SSSR count). The summed E-state index contributed by atoms with van der Waals surface area (Å²) in [5, 5.41) is 2.92. The largest absolute Gasteiger partial charge is 0.245 e. The number of hydrogen-bond acceptors (Lipinski definition) is 5. The Kier molecular flexibility index (Phi) is 4.39. The molecule has 19 heavy (non-hydrogen) atoms. The van der Waals surface area contributed by atoms with Crippen molar-refractivity contribution in [2.24, 2.45) is 0 Å². The van der Waals surface area contributed by atoms with Crippen LogP contribution in [0.15, 0.2) is 16.3 Å². The van der Waals surface area contributed by atoms with Crippen LogP contribution in [0.4, 0.5) is 0 Å². The fraction of sp³-hybridized carbons (Fsp3) is 0.417. The molecule has 0 radical (unpaired) electrons. The van der Waals surface area contributed by atoms with Gasteiger partial charge in [0.15, 0.2) is 0 Å². The summed E-state index contributed by atoms with van der Waals surface area (Å²) in [5.41, 5.74) is 0.773. The van der Waals surface area contributed by atoms with Crippen molar-refractivity contribution in [2.45, 2.75) is 38.6 Å². The van der Waals surface area contributed by atoms with Crippen molar-refractivity contribution in [2.75, 3.05) is 0 Å². The molecule has 0 atom stereocenters. The summed E-state index contributed by atoms with van der Waals surface area (Å²) in [6, 6.07) is 1.71. The number of thiophene rings is 1. The van der Waals surface area contributed by atoms with Crippen molar-refractivity contribution in [1.29, 1.82) is 0 Å². The van der Waals surface area contributed by atoms with Gasteiger partial charge >= 0.3 is 0 Å². The summed E-state index contributed by atoms with van der Waals surface area (Å²) in [6.07, 6.45) is 0.875. The lowest BCUT2D eigenvalue weighted by Gasteiger charge is -2.04. The van der Waals surface area contributed by atoms with Crippen molar-refractivity contribution in [3.8, 4) is 0 Å². The summed E-state index contributed by atoms with van der Waals surface area (Å²) >= 11 is 3.05. The fourth-order valence-corrected chi connectivity index (χ4v) is 5.01. The van der Waals surface area contributed by atoms with Gasteiger partial charge in [0.05, 0.1) is 22.1 Å². The SMILES string of the molecule is CCc1nc(CNS(=O)(=O)c2cc(C)sc2C)cs1. The predicted octanol–water partition coefficient (Wildman–Crippen LogP) is 2.86. The third-order valence-corrected chi connectivity index (χ3v) is 6.29. The lowest BCUT2D eigenvalue weighted by molar-refractivity contribution is 0.580. The second-order valence-corrected chi connectivity index (χ2v) is 8.33. The number of nitrogens with zero attached hydrogens (tertiary/aromatic N) is 1. The van der Waals surface area contributed by atoms with Gasteiger partial charge in [-0.25, -0.2) is 18.1 Å². The van der Waals surface area contributed by atoms with Crippen LogP contribution in [-0.4, -0.2) is 13.4 Å². The maximum atomic E-state index is 12.2. The van der Waals surface area contributed by atoms with Gasteiger partial charge in [-0.05, 0) is 26.3 Å². The minimum Gasteiger partial charge on any atom is -0.245 e. The van der Waals surface area contributed by atoms with Gasteiger partial charge in [0.25, 0.3) is 0 Å². The second-order valence-electron chi connectivity index (χ2n) is 4.19. The van der Waals surface area contributed by atoms with Gasteiger partial charge in [-0.1, -0.05) is 6.92 Å². The molecule has 0 aliphatic heterocycles. The molecule has 0 unspecified atom stereocenters. The van der Waals surface area contributed by atoms with Gasteiger partial charge < -0.3 is 0 Å². The predicted molar refractivity (Wildman–Crippen MR) is 79.3 cm³/mol. The highest BCUT2D eigenvalue weighted by Crippen LogP contribution is 2.24. The zero-order valence-corrected chi connectivity index (χ0v) is 13.5. The van der Waals surface area contributed by atoms with Crippen LogP contribution in [0.2, 0.25) is 0 Å². The number of hydrogen-bond donors (Lipinski definition) is 1. The summed E-state index contributed by atoms with van der Waals surface area (Å²) in [6.45, 7) is 6.01. The number of rotatable bonds is 5. The van der Waals surface area contributed by atoms with Crippen molar-refractivity contribution >= 4 is 32.7 Å². The number of aromatic nitrogens is 1. The number of aryl methyl sites for hydroxylation is 3. The number of nitrogens with one attached hydrogen (secondary N) is 1. The lowest BCUT2D eigenvalue weighted by Crippen LogP contribution is -2.23.